The van der Waals surface area contributed by atoms with Gasteiger partial charge in [0.25, 0.3) is 11.8 Å². The van der Waals surface area contributed by atoms with Crippen molar-refractivity contribution in [3.05, 3.63) is 12.2 Å². The summed E-state index contributed by atoms with van der Waals surface area (Å²) in [6, 6.07) is -1.93. The Balaban J connectivity index is 2.26. The van der Waals surface area contributed by atoms with Crippen molar-refractivity contribution in [3.8, 4) is 0 Å². The minimum absolute atomic E-state index is 0.0950. The maximum Gasteiger partial charge on any atom is 0.332 e. The van der Waals surface area contributed by atoms with Gasteiger partial charge < -0.3 is 30.9 Å². The first-order chi connectivity index (χ1) is 14.5. The molecule has 0 aromatic carbocycles. The highest BCUT2D eigenvalue weighted by Crippen LogP contribution is 2.04. The van der Waals surface area contributed by atoms with Crippen LogP contribution in [0.25, 0.3) is 0 Å². The van der Waals surface area contributed by atoms with E-state index >= 15 is 0 Å². The molecular formula is C18H26N4O9. The van der Waals surface area contributed by atoms with E-state index in [1.165, 1.54) is 13.8 Å². The molecule has 3 atom stereocenters. The number of nitrogens with one attached hydrogen (secondary N) is 3. The number of hydrogen-bond donors (Lipinski definition) is 5. The fourth-order valence-corrected chi connectivity index (χ4v) is 2.31. The predicted octanol–water partition coefficient (Wildman–Crippen LogP) is -2.76. The molecule has 0 saturated heterocycles. The molecule has 172 valence electrons. The van der Waals surface area contributed by atoms with Gasteiger partial charge in [-0.2, -0.15) is 0 Å². The highest BCUT2D eigenvalue weighted by Gasteiger charge is 2.25. The van der Waals surface area contributed by atoms with Crippen LogP contribution in [0.1, 0.15) is 26.7 Å². The third-order valence-corrected chi connectivity index (χ3v) is 4.15. The van der Waals surface area contributed by atoms with Gasteiger partial charge in [-0.05, 0) is 13.8 Å². The van der Waals surface area contributed by atoms with Crippen LogP contribution in [0, 0.1) is 0 Å². The minimum Gasteiger partial charge on any atom is -0.479 e. The molecule has 0 bridgehead atoms. The normalized spacial score (nSPS) is 15.9. The summed E-state index contributed by atoms with van der Waals surface area (Å²) in [5, 5.41) is 24.8. The van der Waals surface area contributed by atoms with Crippen LogP contribution < -0.4 is 16.0 Å². The van der Waals surface area contributed by atoms with Crippen LogP contribution in [0.4, 0.5) is 0 Å². The van der Waals surface area contributed by atoms with Crippen LogP contribution in [0.5, 0.6) is 0 Å². The zero-order chi connectivity index (χ0) is 23.6. The lowest BCUT2D eigenvalue weighted by Gasteiger charge is -2.19. The van der Waals surface area contributed by atoms with Crippen LogP contribution in [0.15, 0.2) is 12.2 Å². The number of aliphatic hydroxyl groups excluding tert-OH is 1. The number of rotatable bonds is 13. The second-order valence-corrected chi connectivity index (χ2v) is 6.67. The maximum atomic E-state index is 12.1. The Hall–Kier alpha value is -3.32. The number of imide groups is 1. The molecule has 0 aliphatic carbocycles. The summed E-state index contributed by atoms with van der Waals surface area (Å²) in [6.45, 7) is 2.35. The van der Waals surface area contributed by atoms with Crippen LogP contribution in [0.3, 0.4) is 0 Å². The van der Waals surface area contributed by atoms with Crippen molar-refractivity contribution in [1.29, 1.82) is 0 Å². The van der Waals surface area contributed by atoms with E-state index in [2.05, 4.69) is 16.0 Å². The molecule has 1 aliphatic heterocycles. The number of amides is 5. The lowest BCUT2D eigenvalue weighted by Crippen LogP contribution is -2.52. The van der Waals surface area contributed by atoms with Crippen molar-refractivity contribution in [3.63, 3.8) is 0 Å². The van der Waals surface area contributed by atoms with Crippen molar-refractivity contribution in [2.75, 3.05) is 19.9 Å². The van der Waals surface area contributed by atoms with Gasteiger partial charge in [0.1, 0.15) is 18.8 Å². The Morgan fingerprint density at radius 2 is 1.61 bits per heavy atom. The van der Waals surface area contributed by atoms with E-state index in [-0.39, 0.29) is 32.7 Å². The minimum atomic E-state index is -1.56. The summed E-state index contributed by atoms with van der Waals surface area (Å²) in [4.78, 5) is 70.2. The van der Waals surface area contributed by atoms with Gasteiger partial charge in [0.2, 0.25) is 17.7 Å². The molecule has 0 fully saturated rings. The van der Waals surface area contributed by atoms with Crippen LogP contribution >= 0.6 is 0 Å². The highest BCUT2D eigenvalue weighted by molar-refractivity contribution is 6.13. The number of carboxylic acids is 1. The van der Waals surface area contributed by atoms with E-state index in [0.29, 0.717) is 0 Å². The standard InChI is InChI=1S/C18H26N4O9/c1-10(16(27)19-9-31-8-6-12(23)18(29)30)21-17(28)11(2)20-13(24)5-7-22-14(25)3-4-15(22)26/h3-4,10-12,23H,5-9H2,1-2H3,(H,19,27)(H,20,24)(H,21,28)(H,29,30)/t10-,11-,12+/m0/s1. The predicted molar refractivity (Wildman–Crippen MR) is 103 cm³/mol. The second kappa shape index (κ2) is 12.4. The van der Waals surface area contributed by atoms with E-state index in [0.717, 1.165) is 17.1 Å². The van der Waals surface area contributed by atoms with Crippen molar-refractivity contribution in [2.24, 2.45) is 0 Å². The molecule has 0 aromatic rings. The molecule has 13 heteroatoms. The zero-order valence-electron chi connectivity index (χ0n) is 17.1. The lowest BCUT2D eigenvalue weighted by molar-refractivity contribution is -0.147. The number of hydrogen-bond acceptors (Lipinski definition) is 8. The first-order valence-corrected chi connectivity index (χ1v) is 9.42. The summed E-state index contributed by atoms with van der Waals surface area (Å²) in [7, 11) is 0. The van der Waals surface area contributed by atoms with Gasteiger partial charge in [-0.25, -0.2) is 4.79 Å². The Kier molecular flexibility index (Phi) is 10.3. The van der Waals surface area contributed by atoms with Crippen molar-refractivity contribution in [2.45, 2.75) is 44.9 Å². The molecule has 0 unspecified atom stereocenters. The van der Waals surface area contributed by atoms with Gasteiger partial charge in [-0.15, -0.1) is 0 Å². The zero-order valence-corrected chi connectivity index (χ0v) is 17.1. The summed E-state index contributed by atoms with van der Waals surface area (Å²) in [5.41, 5.74) is 0. The van der Waals surface area contributed by atoms with Crippen LogP contribution in [0.2, 0.25) is 0 Å². The highest BCUT2D eigenvalue weighted by atomic mass is 16.5. The average molecular weight is 442 g/mol. The third-order valence-electron chi connectivity index (χ3n) is 4.15. The van der Waals surface area contributed by atoms with Gasteiger partial charge in [0.05, 0.1) is 6.61 Å². The first kappa shape index (κ1) is 25.7. The van der Waals surface area contributed by atoms with Crippen LogP contribution in [-0.4, -0.2) is 88.7 Å². The van der Waals surface area contributed by atoms with Gasteiger partial charge in [0, 0.05) is 31.5 Å². The number of ether oxygens (including phenoxy) is 1. The molecule has 1 heterocycles. The fourth-order valence-electron chi connectivity index (χ4n) is 2.31. The summed E-state index contributed by atoms with van der Waals surface area (Å²) >= 11 is 0. The molecule has 0 saturated carbocycles. The fraction of sp³-hybridized carbons (Fsp3) is 0.556. The summed E-state index contributed by atoms with van der Waals surface area (Å²) in [6.07, 6.45) is 0.325. The molecule has 0 spiro atoms. The maximum absolute atomic E-state index is 12.1. The molecule has 5 N–H and O–H groups in total. The summed E-state index contributed by atoms with van der Waals surface area (Å²) < 4.78 is 4.98. The number of nitrogens with zero attached hydrogens (tertiary/aromatic N) is 1. The number of aliphatic hydroxyl groups is 1. The first-order valence-electron chi connectivity index (χ1n) is 9.42. The quantitative estimate of drug-likeness (QED) is 0.114. The molecule has 5 amide bonds. The van der Waals surface area contributed by atoms with Gasteiger partial charge in [-0.1, -0.05) is 0 Å². The molecule has 13 nitrogen and oxygen atoms in total. The van der Waals surface area contributed by atoms with Gasteiger partial charge in [-0.3, -0.25) is 28.9 Å². The molecule has 0 radical (unpaired) electrons. The van der Waals surface area contributed by atoms with Gasteiger partial charge >= 0.3 is 5.97 Å². The van der Waals surface area contributed by atoms with E-state index < -0.39 is 53.7 Å². The second-order valence-electron chi connectivity index (χ2n) is 6.67. The topological polar surface area (TPSA) is 191 Å². The molecule has 31 heavy (non-hydrogen) atoms. The smallest absolute Gasteiger partial charge is 0.332 e. The Morgan fingerprint density at radius 1 is 1.03 bits per heavy atom. The third kappa shape index (κ3) is 8.92. The van der Waals surface area contributed by atoms with Crippen molar-refractivity contribution >= 4 is 35.5 Å². The Labute approximate surface area is 177 Å². The monoisotopic (exact) mass is 442 g/mol. The van der Waals surface area contributed by atoms with Crippen LogP contribution in [-0.2, 0) is 33.5 Å². The van der Waals surface area contributed by atoms with E-state index in [1.807, 2.05) is 0 Å². The largest absolute Gasteiger partial charge is 0.479 e. The lowest BCUT2D eigenvalue weighted by atomic mass is 10.2. The molecule has 1 aliphatic rings. The number of aliphatic carboxylic acids is 1. The van der Waals surface area contributed by atoms with E-state index in [1.54, 1.807) is 0 Å². The SMILES string of the molecule is C[C@H](NC(=O)CCN1C(=O)C=CC1=O)C(=O)N[C@@H](C)C(=O)NCOCC[C@@H](O)C(=O)O. The summed E-state index contributed by atoms with van der Waals surface area (Å²) in [5.74, 6) is -4.15. The van der Waals surface area contributed by atoms with Gasteiger partial charge in [0.15, 0.2) is 6.10 Å². The van der Waals surface area contributed by atoms with Crippen molar-refractivity contribution in [1.82, 2.24) is 20.9 Å². The number of carbonyl (C=O) groups excluding carboxylic acids is 5. The Morgan fingerprint density at radius 3 is 2.19 bits per heavy atom. The molecular weight excluding hydrogens is 416 g/mol. The Bertz CT molecular complexity index is 734. The van der Waals surface area contributed by atoms with Crippen molar-refractivity contribution < 1.29 is 43.7 Å². The van der Waals surface area contributed by atoms with E-state index in [9.17, 15) is 28.8 Å². The van der Waals surface area contributed by atoms with E-state index in [4.69, 9.17) is 14.9 Å². The number of carbonyl (C=O) groups is 6. The molecule has 0 aromatic heterocycles. The number of carboxylic acid groups (broad SMARTS) is 1. The average Bonchev–Trinajstić information content (AvgIpc) is 3.02. The molecule has 1 rings (SSSR count).